The topological polar surface area (TPSA) is 94.3 Å². The largest absolute Gasteiger partial charge is 0.361 e. The Labute approximate surface area is 168 Å². The second-order valence-corrected chi connectivity index (χ2v) is 7.08. The molecule has 0 radical (unpaired) electrons. The Morgan fingerprint density at radius 2 is 1.79 bits per heavy atom. The zero-order valence-corrected chi connectivity index (χ0v) is 15.9. The van der Waals surface area contributed by atoms with E-state index in [-0.39, 0.29) is 24.8 Å². The molecule has 4 amide bonds. The molecule has 7 heteroatoms. The normalized spacial score (nSPS) is 16.3. The van der Waals surface area contributed by atoms with Crippen LogP contribution in [0, 0.1) is 0 Å². The number of fused-ring (bicyclic) bond motifs is 1. The Bertz CT molecular complexity index is 1040. The van der Waals surface area contributed by atoms with Crippen molar-refractivity contribution in [3.8, 4) is 0 Å². The van der Waals surface area contributed by atoms with Gasteiger partial charge in [-0.3, -0.25) is 14.5 Å². The Morgan fingerprint density at radius 1 is 1.03 bits per heavy atom. The van der Waals surface area contributed by atoms with Crippen LogP contribution in [0.3, 0.4) is 0 Å². The quantitative estimate of drug-likeness (QED) is 0.541. The number of amides is 4. The van der Waals surface area contributed by atoms with Crippen LogP contribution >= 0.6 is 0 Å². The van der Waals surface area contributed by atoms with E-state index < -0.39 is 12.1 Å². The number of nitrogens with one attached hydrogen (secondary N) is 3. The van der Waals surface area contributed by atoms with Crippen LogP contribution in [0.1, 0.15) is 17.5 Å². The average Bonchev–Trinajstić information content (AvgIpc) is 3.25. The maximum absolute atomic E-state index is 12.5. The molecular weight excluding hydrogens is 368 g/mol. The molecule has 0 unspecified atom stereocenters. The first-order valence-electron chi connectivity index (χ1n) is 9.59. The molecule has 1 aromatic heterocycles. The van der Waals surface area contributed by atoms with Gasteiger partial charge in [-0.05, 0) is 23.6 Å². The number of aromatic nitrogens is 1. The van der Waals surface area contributed by atoms with Gasteiger partial charge in [-0.1, -0.05) is 48.5 Å². The number of aromatic amines is 1. The zero-order valence-electron chi connectivity index (χ0n) is 15.9. The summed E-state index contributed by atoms with van der Waals surface area (Å²) in [5.41, 5.74) is 3.05. The third kappa shape index (κ3) is 4.13. The molecule has 3 aromatic rings. The van der Waals surface area contributed by atoms with Gasteiger partial charge in [0.15, 0.2) is 0 Å². The van der Waals surface area contributed by atoms with E-state index in [1.54, 1.807) is 0 Å². The van der Waals surface area contributed by atoms with E-state index in [1.807, 2.05) is 60.8 Å². The fraction of sp³-hybridized carbons (Fsp3) is 0.227. The van der Waals surface area contributed by atoms with Gasteiger partial charge in [0.25, 0.3) is 5.91 Å². The van der Waals surface area contributed by atoms with Gasteiger partial charge in [-0.15, -0.1) is 0 Å². The van der Waals surface area contributed by atoms with Crippen LogP contribution in [0.2, 0.25) is 0 Å². The number of H-pyrrole nitrogens is 1. The number of urea groups is 1. The molecule has 0 spiro atoms. The minimum Gasteiger partial charge on any atom is -0.361 e. The van der Waals surface area contributed by atoms with E-state index in [9.17, 15) is 14.4 Å². The van der Waals surface area contributed by atoms with Gasteiger partial charge in [-0.25, -0.2) is 4.79 Å². The van der Waals surface area contributed by atoms with Crippen LogP contribution in [0.5, 0.6) is 0 Å². The van der Waals surface area contributed by atoms with Crippen LogP contribution in [0.15, 0.2) is 60.8 Å². The molecule has 3 N–H and O–H groups in total. The molecule has 1 saturated heterocycles. The first-order chi connectivity index (χ1) is 14.1. The predicted molar refractivity (Wildman–Crippen MR) is 109 cm³/mol. The van der Waals surface area contributed by atoms with Gasteiger partial charge in [-0.2, -0.15) is 0 Å². The molecule has 1 fully saturated rings. The van der Waals surface area contributed by atoms with Gasteiger partial charge in [0, 0.05) is 23.6 Å². The van der Waals surface area contributed by atoms with Crippen molar-refractivity contribution in [3.63, 3.8) is 0 Å². The SMILES string of the molecule is O=C(C[C@H]1NC(=O)N(Cc2ccccc2)C1=O)NCCc1c[nH]c2ccccc12. The fourth-order valence-corrected chi connectivity index (χ4v) is 3.56. The third-order valence-electron chi connectivity index (χ3n) is 5.07. The summed E-state index contributed by atoms with van der Waals surface area (Å²) in [6, 6.07) is 16.0. The van der Waals surface area contributed by atoms with Crippen molar-refractivity contribution < 1.29 is 14.4 Å². The number of para-hydroxylation sites is 1. The minimum atomic E-state index is -0.820. The van der Waals surface area contributed by atoms with Gasteiger partial charge in [0.2, 0.25) is 5.91 Å². The van der Waals surface area contributed by atoms with Crippen molar-refractivity contribution in [1.82, 2.24) is 20.5 Å². The first kappa shape index (κ1) is 18.7. The maximum Gasteiger partial charge on any atom is 0.325 e. The molecule has 0 bridgehead atoms. The summed E-state index contributed by atoms with van der Waals surface area (Å²) in [6.45, 7) is 0.660. The smallest absolute Gasteiger partial charge is 0.325 e. The van der Waals surface area contributed by atoms with Crippen LogP contribution in [-0.2, 0) is 22.6 Å². The molecule has 0 aliphatic carbocycles. The number of carbonyl (C=O) groups is 3. The summed E-state index contributed by atoms with van der Waals surface area (Å²) in [6.07, 6.45) is 2.56. The van der Waals surface area contributed by atoms with Crippen molar-refractivity contribution in [2.75, 3.05) is 6.54 Å². The van der Waals surface area contributed by atoms with Crippen molar-refractivity contribution in [2.24, 2.45) is 0 Å². The average molecular weight is 390 g/mol. The second-order valence-electron chi connectivity index (χ2n) is 7.08. The molecule has 1 aliphatic heterocycles. The van der Waals surface area contributed by atoms with E-state index in [0.717, 1.165) is 26.9 Å². The molecule has 2 heterocycles. The molecule has 1 aliphatic rings. The van der Waals surface area contributed by atoms with Gasteiger partial charge in [0.05, 0.1) is 13.0 Å². The van der Waals surface area contributed by atoms with Crippen LogP contribution in [0.4, 0.5) is 4.79 Å². The summed E-state index contributed by atoms with van der Waals surface area (Å²) in [7, 11) is 0. The molecule has 1 atom stereocenters. The molecule has 29 heavy (non-hydrogen) atoms. The number of imide groups is 1. The lowest BCUT2D eigenvalue weighted by Gasteiger charge is -2.13. The molecule has 4 rings (SSSR count). The zero-order chi connectivity index (χ0) is 20.2. The van der Waals surface area contributed by atoms with Crippen molar-refractivity contribution >= 4 is 28.7 Å². The molecule has 148 valence electrons. The summed E-state index contributed by atoms with van der Waals surface area (Å²) >= 11 is 0. The Morgan fingerprint density at radius 3 is 2.62 bits per heavy atom. The lowest BCUT2D eigenvalue weighted by molar-refractivity contribution is -0.131. The highest BCUT2D eigenvalue weighted by Gasteiger charge is 2.38. The van der Waals surface area contributed by atoms with Crippen LogP contribution in [-0.4, -0.2) is 40.3 Å². The molecule has 0 saturated carbocycles. The standard InChI is InChI=1S/C22H22N4O3/c27-20(23-11-10-16-13-24-18-9-5-4-8-17(16)18)12-19-21(28)26(22(29)25-19)14-15-6-2-1-3-7-15/h1-9,13,19,24H,10-12,14H2,(H,23,27)(H,25,29)/t19-/m1/s1. The van der Waals surface area contributed by atoms with E-state index in [4.69, 9.17) is 0 Å². The lowest BCUT2D eigenvalue weighted by Crippen LogP contribution is -2.37. The highest BCUT2D eigenvalue weighted by atomic mass is 16.2. The first-order valence-corrected chi connectivity index (χ1v) is 9.59. The summed E-state index contributed by atoms with van der Waals surface area (Å²) in [5, 5.41) is 6.58. The van der Waals surface area contributed by atoms with E-state index in [1.165, 1.54) is 0 Å². The van der Waals surface area contributed by atoms with Crippen LogP contribution < -0.4 is 10.6 Å². The lowest BCUT2D eigenvalue weighted by atomic mass is 10.1. The Kier molecular flexibility index (Phi) is 5.29. The fourth-order valence-electron chi connectivity index (χ4n) is 3.56. The number of hydrogen-bond acceptors (Lipinski definition) is 3. The van der Waals surface area contributed by atoms with Gasteiger partial charge in [0.1, 0.15) is 6.04 Å². The Hall–Kier alpha value is -3.61. The minimum absolute atomic E-state index is 0.0657. The number of carbonyl (C=O) groups excluding carboxylic acids is 3. The van der Waals surface area contributed by atoms with Crippen molar-refractivity contribution in [3.05, 3.63) is 71.9 Å². The summed E-state index contributed by atoms with van der Waals surface area (Å²) in [5.74, 6) is -0.629. The van der Waals surface area contributed by atoms with E-state index in [2.05, 4.69) is 15.6 Å². The molecule has 7 nitrogen and oxygen atoms in total. The van der Waals surface area contributed by atoms with Gasteiger partial charge >= 0.3 is 6.03 Å². The van der Waals surface area contributed by atoms with E-state index >= 15 is 0 Å². The highest BCUT2D eigenvalue weighted by Crippen LogP contribution is 2.18. The number of rotatable bonds is 7. The van der Waals surface area contributed by atoms with Crippen LogP contribution in [0.25, 0.3) is 10.9 Å². The Balaban J connectivity index is 1.28. The van der Waals surface area contributed by atoms with Gasteiger partial charge < -0.3 is 15.6 Å². The third-order valence-corrected chi connectivity index (χ3v) is 5.07. The number of hydrogen-bond donors (Lipinski definition) is 3. The molecule has 2 aromatic carbocycles. The molecular formula is C22H22N4O3. The summed E-state index contributed by atoms with van der Waals surface area (Å²) in [4.78, 5) is 41.3. The second kappa shape index (κ2) is 8.18. The highest BCUT2D eigenvalue weighted by molar-refractivity contribution is 6.05. The predicted octanol–water partition coefficient (Wildman–Crippen LogP) is 2.34. The van der Waals surface area contributed by atoms with E-state index in [0.29, 0.717) is 13.0 Å². The number of nitrogens with zero attached hydrogens (tertiary/aromatic N) is 1. The maximum atomic E-state index is 12.5. The van der Waals surface area contributed by atoms with Crippen molar-refractivity contribution in [1.29, 1.82) is 0 Å². The summed E-state index contributed by atoms with van der Waals surface area (Å²) < 4.78 is 0. The van der Waals surface area contributed by atoms with Crippen molar-refractivity contribution in [2.45, 2.75) is 25.4 Å². The number of benzene rings is 2. The monoisotopic (exact) mass is 390 g/mol.